The SMILES string of the molecule is COc1ccc2c(c1)OC(n1ccnc1)C(c1ccc(OC)c(OC)c1)C2=NOCCCC(=O)O. The van der Waals surface area contributed by atoms with E-state index in [2.05, 4.69) is 10.1 Å². The Kier molecular flexibility index (Phi) is 7.39. The molecule has 3 aromatic rings. The lowest BCUT2D eigenvalue weighted by Gasteiger charge is -2.35. The van der Waals surface area contributed by atoms with E-state index >= 15 is 0 Å². The maximum atomic E-state index is 10.9. The van der Waals surface area contributed by atoms with Gasteiger partial charge in [-0.15, -0.1) is 0 Å². The number of carboxylic acid groups (broad SMARTS) is 1. The summed E-state index contributed by atoms with van der Waals surface area (Å²) in [5, 5.41) is 13.4. The number of methoxy groups -OCH3 is 3. The van der Waals surface area contributed by atoms with Gasteiger partial charge >= 0.3 is 5.97 Å². The molecule has 0 amide bonds. The monoisotopic (exact) mass is 481 g/mol. The number of hydrogen-bond donors (Lipinski definition) is 1. The van der Waals surface area contributed by atoms with Crippen LogP contribution in [0.4, 0.5) is 0 Å². The highest BCUT2D eigenvalue weighted by atomic mass is 16.6. The number of carboxylic acids is 1. The summed E-state index contributed by atoms with van der Waals surface area (Å²) in [6.45, 7) is 0.163. The van der Waals surface area contributed by atoms with E-state index in [1.807, 2.05) is 41.1 Å². The molecule has 0 bridgehead atoms. The molecule has 1 aromatic heterocycles. The number of hydrogen-bond acceptors (Lipinski definition) is 8. The van der Waals surface area contributed by atoms with Crippen LogP contribution in [0.2, 0.25) is 0 Å². The number of carbonyl (C=O) groups is 1. The van der Waals surface area contributed by atoms with Gasteiger partial charge < -0.3 is 33.5 Å². The Balaban J connectivity index is 1.82. The molecular weight excluding hydrogens is 454 g/mol. The van der Waals surface area contributed by atoms with Crippen molar-refractivity contribution in [2.45, 2.75) is 25.0 Å². The van der Waals surface area contributed by atoms with Crippen molar-refractivity contribution in [3.63, 3.8) is 0 Å². The second kappa shape index (κ2) is 10.8. The average Bonchev–Trinajstić information content (AvgIpc) is 3.42. The van der Waals surface area contributed by atoms with Crippen molar-refractivity contribution >= 4 is 11.7 Å². The summed E-state index contributed by atoms with van der Waals surface area (Å²) in [5.74, 6) is 1.09. The Labute approximate surface area is 202 Å². The predicted octanol–water partition coefficient (Wildman–Crippen LogP) is 3.87. The third-order valence-electron chi connectivity index (χ3n) is 5.67. The highest BCUT2D eigenvalue weighted by Crippen LogP contribution is 2.44. The highest BCUT2D eigenvalue weighted by Gasteiger charge is 2.39. The molecule has 4 rings (SSSR count). The fourth-order valence-corrected chi connectivity index (χ4v) is 3.97. The van der Waals surface area contributed by atoms with Gasteiger partial charge in [0.15, 0.2) is 17.7 Å². The van der Waals surface area contributed by atoms with Gasteiger partial charge in [-0.3, -0.25) is 4.79 Å². The van der Waals surface area contributed by atoms with Crippen molar-refractivity contribution in [1.29, 1.82) is 0 Å². The first-order valence-electron chi connectivity index (χ1n) is 11.0. The van der Waals surface area contributed by atoms with Gasteiger partial charge in [-0.1, -0.05) is 11.2 Å². The van der Waals surface area contributed by atoms with E-state index in [0.717, 1.165) is 11.1 Å². The molecule has 10 heteroatoms. The molecule has 1 N–H and O–H groups in total. The number of rotatable bonds is 10. The van der Waals surface area contributed by atoms with Crippen molar-refractivity contribution in [2.24, 2.45) is 5.16 Å². The Morgan fingerprint density at radius 3 is 2.63 bits per heavy atom. The molecule has 35 heavy (non-hydrogen) atoms. The number of aliphatic carboxylic acids is 1. The average molecular weight is 482 g/mol. The molecule has 184 valence electrons. The van der Waals surface area contributed by atoms with Gasteiger partial charge in [-0.25, -0.2) is 4.98 Å². The van der Waals surface area contributed by atoms with E-state index in [9.17, 15) is 4.79 Å². The van der Waals surface area contributed by atoms with Crippen LogP contribution in [0.25, 0.3) is 0 Å². The lowest BCUT2D eigenvalue weighted by molar-refractivity contribution is -0.137. The van der Waals surface area contributed by atoms with Crippen LogP contribution < -0.4 is 18.9 Å². The largest absolute Gasteiger partial charge is 0.497 e. The summed E-state index contributed by atoms with van der Waals surface area (Å²) >= 11 is 0. The summed E-state index contributed by atoms with van der Waals surface area (Å²) < 4.78 is 24.6. The maximum Gasteiger partial charge on any atom is 0.303 e. The Hall–Kier alpha value is -4.21. The van der Waals surface area contributed by atoms with Gasteiger partial charge in [0, 0.05) is 30.4 Å². The summed E-state index contributed by atoms with van der Waals surface area (Å²) in [6.07, 6.45) is 4.96. The minimum Gasteiger partial charge on any atom is -0.497 e. The molecule has 2 unspecified atom stereocenters. The Morgan fingerprint density at radius 1 is 1.11 bits per heavy atom. The molecule has 0 saturated carbocycles. The minimum absolute atomic E-state index is 0.00147. The van der Waals surface area contributed by atoms with Crippen LogP contribution in [-0.2, 0) is 9.63 Å². The fraction of sp³-hybridized carbons (Fsp3) is 0.320. The highest BCUT2D eigenvalue weighted by molar-refractivity contribution is 6.08. The van der Waals surface area contributed by atoms with Gasteiger partial charge in [0.25, 0.3) is 0 Å². The molecule has 0 saturated heterocycles. The third kappa shape index (κ3) is 5.16. The summed E-state index contributed by atoms with van der Waals surface area (Å²) in [5.41, 5.74) is 2.21. The van der Waals surface area contributed by atoms with Crippen molar-refractivity contribution < 1.29 is 33.7 Å². The van der Waals surface area contributed by atoms with Crippen molar-refractivity contribution in [3.05, 3.63) is 66.2 Å². The van der Waals surface area contributed by atoms with Gasteiger partial charge in [0.05, 0.1) is 33.6 Å². The molecule has 0 fully saturated rings. The van der Waals surface area contributed by atoms with Gasteiger partial charge in [-0.05, 0) is 36.2 Å². The second-order valence-corrected chi connectivity index (χ2v) is 7.78. The van der Waals surface area contributed by atoms with Crippen LogP contribution in [0.1, 0.15) is 36.1 Å². The van der Waals surface area contributed by atoms with Crippen LogP contribution in [-0.4, -0.2) is 54.3 Å². The number of aromatic nitrogens is 2. The summed E-state index contributed by atoms with van der Waals surface area (Å²) in [6, 6.07) is 11.1. The van der Waals surface area contributed by atoms with E-state index < -0.39 is 18.1 Å². The lowest BCUT2D eigenvalue weighted by Crippen LogP contribution is -2.34. The quantitative estimate of drug-likeness (QED) is 0.343. The number of ether oxygens (including phenoxy) is 4. The number of oxime groups is 1. The molecule has 2 heterocycles. The smallest absolute Gasteiger partial charge is 0.303 e. The first kappa shape index (κ1) is 23.9. The zero-order chi connectivity index (χ0) is 24.8. The number of nitrogens with zero attached hydrogens (tertiary/aromatic N) is 3. The zero-order valence-corrected chi connectivity index (χ0v) is 19.7. The van der Waals surface area contributed by atoms with Crippen molar-refractivity contribution in [3.8, 4) is 23.0 Å². The molecule has 2 aromatic carbocycles. The Morgan fingerprint density at radius 2 is 1.94 bits per heavy atom. The lowest BCUT2D eigenvalue weighted by atomic mass is 9.85. The minimum atomic E-state index is -0.881. The third-order valence-corrected chi connectivity index (χ3v) is 5.67. The second-order valence-electron chi connectivity index (χ2n) is 7.78. The topological polar surface area (TPSA) is 114 Å². The maximum absolute atomic E-state index is 10.9. The molecular formula is C25H27N3O7. The molecule has 2 atom stereocenters. The van der Waals surface area contributed by atoms with E-state index in [4.69, 9.17) is 28.9 Å². The van der Waals surface area contributed by atoms with Gasteiger partial charge in [-0.2, -0.15) is 0 Å². The first-order valence-corrected chi connectivity index (χ1v) is 11.0. The van der Waals surface area contributed by atoms with E-state index in [1.165, 1.54) is 0 Å². The zero-order valence-electron chi connectivity index (χ0n) is 19.7. The predicted molar refractivity (Wildman–Crippen MR) is 127 cm³/mol. The van der Waals surface area contributed by atoms with Gasteiger partial charge in [0.2, 0.25) is 0 Å². The molecule has 10 nitrogen and oxygen atoms in total. The van der Waals surface area contributed by atoms with E-state index in [1.54, 1.807) is 39.9 Å². The molecule has 0 aliphatic carbocycles. The van der Waals surface area contributed by atoms with E-state index in [0.29, 0.717) is 35.1 Å². The van der Waals surface area contributed by atoms with Gasteiger partial charge in [0.1, 0.15) is 23.8 Å². The van der Waals surface area contributed by atoms with Crippen LogP contribution in [0, 0.1) is 0 Å². The molecule has 1 aliphatic rings. The number of imidazole rings is 1. The number of fused-ring (bicyclic) bond motifs is 1. The molecule has 0 spiro atoms. The Bertz CT molecular complexity index is 1190. The standard InChI is InChI=1S/C25H27N3O7/c1-31-17-7-8-18-20(14-17)35-25(28-11-10-26-15-28)23(24(18)27-34-12-4-5-22(29)30)16-6-9-19(32-2)21(13-16)33-3/h6-11,13-15,23,25H,4-5,12H2,1-3H3,(H,29,30). The normalized spacial score (nSPS) is 17.9. The van der Waals surface area contributed by atoms with Crippen LogP contribution in [0.3, 0.4) is 0 Å². The summed E-state index contributed by atoms with van der Waals surface area (Å²) in [7, 11) is 4.75. The fourth-order valence-electron chi connectivity index (χ4n) is 3.97. The van der Waals surface area contributed by atoms with Crippen LogP contribution >= 0.6 is 0 Å². The molecule has 1 aliphatic heterocycles. The van der Waals surface area contributed by atoms with E-state index in [-0.39, 0.29) is 13.0 Å². The van der Waals surface area contributed by atoms with Crippen LogP contribution in [0.15, 0.2) is 60.3 Å². The van der Waals surface area contributed by atoms with Crippen molar-refractivity contribution in [1.82, 2.24) is 9.55 Å². The number of benzene rings is 2. The van der Waals surface area contributed by atoms with Crippen molar-refractivity contribution in [2.75, 3.05) is 27.9 Å². The summed E-state index contributed by atoms with van der Waals surface area (Å²) in [4.78, 5) is 20.7. The first-order chi connectivity index (χ1) is 17.0. The van der Waals surface area contributed by atoms with Crippen LogP contribution in [0.5, 0.6) is 23.0 Å². The molecule has 0 radical (unpaired) electrons.